The molecular formula is C27H26ClF2N3O4. The number of hydrogen-bond donors (Lipinski definition) is 2. The summed E-state index contributed by atoms with van der Waals surface area (Å²) >= 11 is 6.22. The number of aliphatic hydroxyl groups excluding tert-OH is 1. The van der Waals surface area contributed by atoms with Crippen LogP contribution in [0.4, 0.5) is 19.3 Å². The molecule has 0 spiro atoms. The summed E-state index contributed by atoms with van der Waals surface area (Å²) in [6.07, 6.45) is 0. The summed E-state index contributed by atoms with van der Waals surface area (Å²) < 4.78 is 33.5. The van der Waals surface area contributed by atoms with Crippen LogP contribution in [0.1, 0.15) is 40.0 Å². The van der Waals surface area contributed by atoms with Crippen molar-refractivity contribution in [3.05, 3.63) is 93.5 Å². The number of halogens is 3. The van der Waals surface area contributed by atoms with Crippen molar-refractivity contribution >= 4 is 29.2 Å². The maximum atomic E-state index is 14.5. The average molecular weight is 530 g/mol. The first-order valence-electron chi connectivity index (χ1n) is 11.6. The summed E-state index contributed by atoms with van der Waals surface area (Å²) in [6.45, 7) is 1.55. The zero-order chi connectivity index (χ0) is 26.7. The number of benzene rings is 3. The summed E-state index contributed by atoms with van der Waals surface area (Å²) in [4.78, 5) is 29.2. The number of anilines is 1. The third-order valence-electron chi connectivity index (χ3n) is 6.34. The molecular weight excluding hydrogens is 504 g/mol. The van der Waals surface area contributed by atoms with Crippen LogP contribution in [-0.2, 0) is 13.1 Å². The van der Waals surface area contributed by atoms with Gasteiger partial charge in [0.25, 0.3) is 5.91 Å². The average Bonchev–Trinajstić information content (AvgIpc) is 2.89. The second-order valence-electron chi connectivity index (χ2n) is 8.64. The molecule has 3 aromatic rings. The quantitative estimate of drug-likeness (QED) is 0.428. The van der Waals surface area contributed by atoms with Crippen molar-refractivity contribution in [3.8, 4) is 5.75 Å². The molecule has 3 aromatic carbocycles. The van der Waals surface area contributed by atoms with E-state index in [0.717, 1.165) is 5.56 Å². The molecule has 1 aliphatic rings. The maximum Gasteiger partial charge on any atom is 0.325 e. The van der Waals surface area contributed by atoms with E-state index >= 15 is 0 Å². The molecule has 1 atom stereocenters. The first kappa shape index (κ1) is 26.4. The van der Waals surface area contributed by atoms with E-state index in [1.54, 1.807) is 36.2 Å². The summed E-state index contributed by atoms with van der Waals surface area (Å²) in [5, 5.41) is 12.0. The first-order chi connectivity index (χ1) is 17.7. The Morgan fingerprint density at radius 1 is 1.16 bits per heavy atom. The number of aliphatic hydroxyl groups is 1. The summed E-state index contributed by atoms with van der Waals surface area (Å²) in [7, 11) is 1.66. The lowest BCUT2D eigenvalue weighted by atomic mass is 9.98. The van der Waals surface area contributed by atoms with Gasteiger partial charge in [-0.1, -0.05) is 29.8 Å². The number of ether oxygens (including phenoxy) is 1. The maximum absolute atomic E-state index is 14.5. The van der Waals surface area contributed by atoms with E-state index in [0.29, 0.717) is 11.3 Å². The molecule has 4 rings (SSSR count). The lowest BCUT2D eigenvalue weighted by Gasteiger charge is -2.39. The van der Waals surface area contributed by atoms with E-state index in [4.69, 9.17) is 21.4 Å². The molecule has 3 amide bonds. The Kier molecular flexibility index (Phi) is 7.94. The van der Waals surface area contributed by atoms with Gasteiger partial charge < -0.3 is 20.1 Å². The second-order valence-corrected chi connectivity index (χ2v) is 9.04. The number of carbonyl (C=O) groups is 2. The van der Waals surface area contributed by atoms with Gasteiger partial charge >= 0.3 is 6.03 Å². The lowest BCUT2D eigenvalue weighted by molar-refractivity contribution is 0.0950. The van der Waals surface area contributed by atoms with Gasteiger partial charge in [-0.3, -0.25) is 9.69 Å². The van der Waals surface area contributed by atoms with E-state index in [9.17, 15) is 18.4 Å². The molecule has 0 aliphatic carbocycles. The topological polar surface area (TPSA) is 82.1 Å². The molecule has 0 fully saturated rings. The van der Waals surface area contributed by atoms with Crippen LogP contribution in [0.5, 0.6) is 5.75 Å². The molecule has 1 heterocycles. The van der Waals surface area contributed by atoms with Crippen molar-refractivity contribution in [1.29, 1.82) is 0 Å². The number of rotatable bonds is 8. The van der Waals surface area contributed by atoms with E-state index < -0.39 is 17.5 Å². The molecule has 10 heteroatoms. The minimum absolute atomic E-state index is 0.0161. The van der Waals surface area contributed by atoms with Crippen molar-refractivity contribution in [1.82, 2.24) is 10.2 Å². The van der Waals surface area contributed by atoms with Crippen LogP contribution >= 0.6 is 11.6 Å². The molecule has 7 nitrogen and oxygen atoms in total. The van der Waals surface area contributed by atoms with Gasteiger partial charge in [-0.15, -0.1) is 0 Å². The van der Waals surface area contributed by atoms with E-state index in [2.05, 4.69) is 5.32 Å². The molecule has 0 saturated carbocycles. The van der Waals surface area contributed by atoms with E-state index in [1.807, 2.05) is 6.92 Å². The lowest BCUT2D eigenvalue weighted by Crippen LogP contribution is -2.46. The Morgan fingerprint density at radius 3 is 2.68 bits per heavy atom. The monoisotopic (exact) mass is 529 g/mol. The zero-order valence-electron chi connectivity index (χ0n) is 20.3. The number of nitrogens with zero attached hydrogens (tertiary/aromatic N) is 2. The highest BCUT2D eigenvalue weighted by molar-refractivity contribution is 6.31. The fourth-order valence-electron chi connectivity index (χ4n) is 4.18. The van der Waals surface area contributed by atoms with E-state index in [1.165, 1.54) is 35.2 Å². The van der Waals surface area contributed by atoms with Gasteiger partial charge in [0.1, 0.15) is 24.0 Å². The van der Waals surface area contributed by atoms with Crippen molar-refractivity contribution in [2.75, 3.05) is 25.2 Å². The normalized spacial score (nSPS) is 15.0. The van der Waals surface area contributed by atoms with Crippen molar-refractivity contribution in [2.24, 2.45) is 0 Å². The van der Waals surface area contributed by atoms with Gasteiger partial charge in [-0.2, -0.15) is 0 Å². The molecule has 2 N–H and O–H groups in total. The van der Waals surface area contributed by atoms with E-state index in [-0.39, 0.29) is 60.3 Å². The van der Waals surface area contributed by atoms with Gasteiger partial charge in [-0.05, 0) is 42.8 Å². The van der Waals surface area contributed by atoms with Crippen LogP contribution in [0.25, 0.3) is 0 Å². The fourth-order valence-corrected chi connectivity index (χ4v) is 4.40. The number of carbonyl (C=O) groups excluding carboxylic acids is 2. The van der Waals surface area contributed by atoms with Crippen molar-refractivity contribution < 1.29 is 28.2 Å². The summed E-state index contributed by atoms with van der Waals surface area (Å²) in [6, 6.07) is 12.6. The number of fused-ring (bicyclic) bond motifs is 1. The van der Waals surface area contributed by atoms with Crippen LogP contribution in [0.3, 0.4) is 0 Å². The highest BCUT2D eigenvalue weighted by Crippen LogP contribution is 2.38. The Morgan fingerprint density at radius 2 is 1.95 bits per heavy atom. The molecule has 1 aliphatic heterocycles. The van der Waals surface area contributed by atoms with Crippen LogP contribution < -0.4 is 15.0 Å². The first-order valence-corrected chi connectivity index (χ1v) is 12.0. The van der Waals surface area contributed by atoms with Gasteiger partial charge in [0.05, 0.1) is 24.9 Å². The Bertz CT molecular complexity index is 1320. The SMILES string of the molecule is CC1c2ccc(C(=O)NCc3ccc(F)cc3OCCO)cc2N(Cc2c(F)cccc2Cl)C(=O)N1C. The molecule has 1 unspecified atom stereocenters. The van der Waals surface area contributed by atoms with Gasteiger partial charge in [0, 0.05) is 41.4 Å². The molecule has 37 heavy (non-hydrogen) atoms. The third kappa shape index (κ3) is 5.52. The van der Waals surface area contributed by atoms with Crippen LogP contribution in [0.15, 0.2) is 54.6 Å². The Balaban J connectivity index is 1.61. The minimum Gasteiger partial charge on any atom is -0.491 e. The number of nitrogens with one attached hydrogen (secondary N) is 1. The molecule has 0 bridgehead atoms. The van der Waals surface area contributed by atoms with Crippen LogP contribution in [-0.4, -0.2) is 42.2 Å². The van der Waals surface area contributed by atoms with Crippen molar-refractivity contribution in [2.45, 2.75) is 26.1 Å². The summed E-state index contributed by atoms with van der Waals surface area (Å²) in [5.41, 5.74) is 2.27. The standard InChI is InChI=1S/C27H26ClF2N3O4/c1-16-20-9-7-17(26(35)31-14-18-6-8-19(29)13-25(18)37-11-10-34)12-24(20)33(27(36)32(16)2)15-21-22(28)4-3-5-23(21)30/h3-9,12-13,16,34H,10-11,14-15H2,1-2H3,(H,31,35). The smallest absolute Gasteiger partial charge is 0.325 e. The van der Waals surface area contributed by atoms with Gasteiger partial charge in [-0.25, -0.2) is 13.6 Å². The molecule has 0 aromatic heterocycles. The molecule has 0 radical (unpaired) electrons. The predicted molar refractivity (Wildman–Crippen MR) is 136 cm³/mol. The Hall–Kier alpha value is -3.69. The van der Waals surface area contributed by atoms with Crippen LogP contribution in [0.2, 0.25) is 5.02 Å². The number of hydrogen-bond acceptors (Lipinski definition) is 4. The predicted octanol–water partition coefficient (Wildman–Crippen LogP) is 5.05. The summed E-state index contributed by atoms with van der Waals surface area (Å²) in [5.74, 6) is -1.25. The Labute approximate surface area is 218 Å². The zero-order valence-corrected chi connectivity index (χ0v) is 21.1. The fraction of sp³-hybridized carbons (Fsp3) is 0.259. The number of amides is 3. The largest absolute Gasteiger partial charge is 0.491 e. The minimum atomic E-state index is -0.532. The molecule has 0 saturated heterocycles. The van der Waals surface area contributed by atoms with Crippen LogP contribution in [0, 0.1) is 11.6 Å². The number of urea groups is 1. The van der Waals surface area contributed by atoms with Gasteiger partial charge in [0.2, 0.25) is 0 Å². The van der Waals surface area contributed by atoms with Gasteiger partial charge in [0.15, 0.2) is 0 Å². The van der Waals surface area contributed by atoms with Crippen molar-refractivity contribution in [3.63, 3.8) is 0 Å². The second kappa shape index (κ2) is 11.1. The molecule has 194 valence electrons. The third-order valence-corrected chi connectivity index (χ3v) is 6.70. The highest BCUT2D eigenvalue weighted by atomic mass is 35.5. The highest BCUT2D eigenvalue weighted by Gasteiger charge is 2.34.